The van der Waals surface area contributed by atoms with Crippen molar-refractivity contribution in [1.82, 2.24) is 20.0 Å². The number of rotatable bonds is 3. The Morgan fingerprint density at radius 2 is 2.04 bits per heavy atom. The summed E-state index contributed by atoms with van der Waals surface area (Å²) < 4.78 is 0. The van der Waals surface area contributed by atoms with Gasteiger partial charge in [0.1, 0.15) is 6.04 Å². The Labute approximate surface area is 141 Å². The number of urea groups is 1. The Hall–Kier alpha value is -1.60. The summed E-state index contributed by atoms with van der Waals surface area (Å²) in [5.41, 5.74) is 1.34. The lowest BCUT2D eigenvalue weighted by Gasteiger charge is -2.38. The highest BCUT2D eigenvalue weighted by atomic mass is 32.1. The molecule has 7 heteroatoms. The van der Waals surface area contributed by atoms with Gasteiger partial charge in [-0.05, 0) is 35.7 Å². The molecule has 0 aliphatic carbocycles. The fourth-order valence-electron chi connectivity index (χ4n) is 3.23. The first-order chi connectivity index (χ1) is 11.1. The highest BCUT2D eigenvalue weighted by Crippen LogP contribution is 2.23. The molecule has 2 aliphatic heterocycles. The number of thiophene rings is 1. The molecule has 126 valence electrons. The van der Waals surface area contributed by atoms with E-state index >= 15 is 0 Å². The lowest BCUT2D eigenvalue weighted by atomic mass is 10.1. The van der Waals surface area contributed by atoms with Crippen molar-refractivity contribution < 1.29 is 9.59 Å². The van der Waals surface area contributed by atoms with Crippen LogP contribution in [-0.2, 0) is 4.79 Å². The minimum Gasteiger partial charge on any atom is -0.344 e. The number of amides is 3. The van der Waals surface area contributed by atoms with E-state index in [2.05, 4.69) is 34.0 Å². The van der Waals surface area contributed by atoms with Gasteiger partial charge in [0.2, 0.25) is 5.91 Å². The number of carbonyl (C=O) groups excluding carboxylic acids is 2. The second kappa shape index (κ2) is 6.88. The standard InChI is InChI=1S/C16H24N4O2S/c1-12(13-4-10-23-11-13)19-6-8-20(9-7-19)16(22)17-14-3-5-18(2)15(14)21/h4,10-12,14H,3,5-9H2,1-2H3,(H,17,22)/t12-,14+/m0/s1. The highest BCUT2D eigenvalue weighted by molar-refractivity contribution is 7.07. The molecule has 23 heavy (non-hydrogen) atoms. The zero-order valence-corrected chi connectivity index (χ0v) is 14.5. The zero-order chi connectivity index (χ0) is 16.4. The number of likely N-dealkylation sites (tertiary alicyclic amines) is 1. The van der Waals surface area contributed by atoms with Crippen LogP contribution in [0.2, 0.25) is 0 Å². The zero-order valence-electron chi connectivity index (χ0n) is 13.7. The molecule has 2 aliphatic rings. The van der Waals surface area contributed by atoms with Gasteiger partial charge in [-0.2, -0.15) is 11.3 Å². The fourth-order valence-corrected chi connectivity index (χ4v) is 3.98. The van der Waals surface area contributed by atoms with Crippen LogP contribution in [0.15, 0.2) is 16.8 Å². The summed E-state index contributed by atoms with van der Waals surface area (Å²) in [4.78, 5) is 30.1. The third kappa shape index (κ3) is 3.50. The van der Waals surface area contributed by atoms with Crippen LogP contribution in [0, 0.1) is 0 Å². The summed E-state index contributed by atoms with van der Waals surface area (Å²) >= 11 is 1.72. The van der Waals surface area contributed by atoms with Crippen LogP contribution in [-0.4, -0.2) is 72.5 Å². The van der Waals surface area contributed by atoms with E-state index in [1.54, 1.807) is 23.3 Å². The highest BCUT2D eigenvalue weighted by Gasteiger charge is 2.32. The van der Waals surface area contributed by atoms with Crippen LogP contribution in [0.3, 0.4) is 0 Å². The van der Waals surface area contributed by atoms with E-state index in [4.69, 9.17) is 0 Å². The fraction of sp³-hybridized carbons (Fsp3) is 0.625. The van der Waals surface area contributed by atoms with E-state index in [1.165, 1.54) is 5.56 Å². The predicted molar refractivity (Wildman–Crippen MR) is 90.5 cm³/mol. The summed E-state index contributed by atoms with van der Waals surface area (Å²) in [6.45, 7) is 6.07. The van der Waals surface area contributed by atoms with Gasteiger partial charge in [-0.1, -0.05) is 0 Å². The first-order valence-electron chi connectivity index (χ1n) is 8.13. The molecule has 2 fully saturated rings. The third-order valence-corrected chi connectivity index (χ3v) is 5.60. The number of nitrogens with zero attached hydrogens (tertiary/aromatic N) is 3. The molecule has 0 bridgehead atoms. The molecule has 1 N–H and O–H groups in total. The van der Waals surface area contributed by atoms with Gasteiger partial charge in [-0.25, -0.2) is 4.79 Å². The van der Waals surface area contributed by atoms with E-state index < -0.39 is 0 Å². The molecule has 1 aromatic heterocycles. The number of nitrogens with one attached hydrogen (secondary N) is 1. The van der Waals surface area contributed by atoms with Crippen LogP contribution in [0.4, 0.5) is 4.79 Å². The van der Waals surface area contributed by atoms with Gasteiger partial charge >= 0.3 is 6.03 Å². The smallest absolute Gasteiger partial charge is 0.318 e. The average Bonchev–Trinajstić information content (AvgIpc) is 3.20. The molecule has 2 saturated heterocycles. The molecule has 0 unspecified atom stereocenters. The second-order valence-corrected chi connectivity index (χ2v) is 7.09. The lowest BCUT2D eigenvalue weighted by Crippen LogP contribution is -2.54. The molecule has 2 atom stereocenters. The van der Waals surface area contributed by atoms with Gasteiger partial charge in [0.25, 0.3) is 0 Å². The number of likely N-dealkylation sites (N-methyl/N-ethyl adjacent to an activating group) is 1. The van der Waals surface area contributed by atoms with Crippen molar-refractivity contribution in [3.63, 3.8) is 0 Å². The van der Waals surface area contributed by atoms with Crippen molar-refractivity contribution in [3.05, 3.63) is 22.4 Å². The molecule has 1 aromatic rings. The topological polar surface area (TPSA) is 55.9 Å². The molecule has 0 radical (unpaired) electrons. The van der Waals surface area contributed by atoms with Crippen molar-refractivity contribution in [2.75, 3.05) is 39.8 Å². The van der Waals surface area contributed by atoms with Crippen molar-refractivity contribution in [1.29, 1.82) is 0 Å². The van der Waals surface area contributed by atoms with E-state index in [1.807, 2.05) is 4.90 Å². The van der Waals surface area contributed by atoms with Gasteiger partial charge in [0.05, 0.1) is 0 Å². The van der Waals surface area contributed by atoms with E-state index in [0.29, 0.717) is 25.6 Å². The Bertz CT molecular complexity index is 554. The average molecular weight is 336 g/mol. The Balaban J connectivity index is 1.49. The summed E-state index contributed by atoms with van der Waals surface area (Å²) in [5, 5.41) is 7.17. The van der Waals surface area contributed by atoms with Gasteiger partial charge in [-0.3, -0.25) is 9.69 Å². The SMILES string of the molecule is C[C@@H](c1ccsc1)N1CCN(C(=O)N[C@@H]2CCN(C)C2=O)CC1. The largest absolute Gasteiger partial charge is 0.344 e. The molecule has 0 aromatic carbocycles. The van der Waals surface area contributed by atoms with E-state index in [9.17, 15) is 9.59 Å². The summed E-state index contributed by atoms with van der Waals surface area (Å²) in [7, 11) is 1.78. The van der Waals surface area contributed by atoms with E-state index in [-0.39, 0.29) is 18.0 Å². The summed E-state index contributed by atoms with van der Waals surface area (Å²) in [6, 6.07) is 2.09. The number of carbonyl (C=O) groups is 2. The normalized spacial score (nSPS) is 24.1. The lowest BCUT2D eigenvalue weighted by molar-refractivity contribution is -0.128. The molecular weight excluding hydrogens is 312 g/mol. The third-order valence-electron chi connectivity index (χ3n) is 4.90. The maximum absolute atomic E-state index is 12.3. The monoisotopic (exact) mass is 336 g/mol. The van der Waals surface area contributed by atoms with Crippen molar-refractivity contribution in [2.24, 2.45) is 0 Å². The minimum absolute atomic E-state index is 0.0167. The van der Waals surface area contributed by atoms with Crippen LogP contribution < -0.4 is 5.32 Å². The van der Waals surface area contributed by atoms with Crippen LogP contribution in [0.1, 0.15) is 24.9 Å². The Morgan fingerprint density at radius 1 is 1.30 bits per heavy atom. The van der Waals surface area contributed by atoms with Crippen LogP contribution >= 0.6 is 11.3 Å². The van der Waals surface area contributed by atoms with Gasteiger partial charge in [0, 0.05) is 45.8 Å². The number of hydrogen-bond donors (Lipinski definition) is 1. The van der Waals surface area contributed by atoms with Gasteiger partial charge in [-0.15, -0.1) is 0 Å². The first kappa shape index (κ1) is 16.3. The molecular formula is C16H24N4O2S. The second-order valence-electron chi connectivity index (χ2n) is 6.31. The maximum atomic E-state index is 12.3. The summed E-state index contributed by atoms with van der Waals surface area (Å²) in [5.74, 6) is 0.0167. The number of hydrogen-bond acceptors (Lipinski definition) is 4. The predicted octanol–water partition coefficient (Wildman–Crippen LogP) is 1.37. The molecule has 0 spiro atoms. The molecule has 6 nitrogen and oxygen atoms in total. The van der Waals surface area contributed by atoms with Crippen LogP contribution in [0.5, 0.6) is 0 Å². The quantitative estimate of drug-likeness (QED) is 0.907. The van der Waals surface area contributed by atoms with Crippen molar-refractivity contribution in [3.8, 4) is 0 Å². The summed E-state index contributed by atoms with van der Waals surface area (Å²) in [6.07, 6.45) is 0.705. The van der Waals surface area contributed by atoms with E-state index in [0.717, 1.165) is 19.6 Å². The molecule has 3 amide bonds. The number of piperazine rings is 1. The van der Waals surface area contributed by atoms with Crippen molar-refractivity contribution >= 4 is 23.3 Å². The van der Waals surface area contributed by atoms with Gasteiger partial charge in [0.15, 0.2) is 0 Å². The maximum Gasteiger partial charge on any atom is 0.318 e. The van der Waals surface area contributed by atoms with Crippen molar-refractivity contribution in [2.45, 2.75) is 25.4 Å². The minimum atomic E-state index is -0.352. The first-order valence-corrected chi connectivity index (χ1v) is 9.07. The van der Waals surface area contributed by atoms with Crippen LogP contribution in [0.25, 0.3) is 0 Å². The molecule has 3 rings (SSSR count). The molecule has 0 saturated carbocycles. The molecule has 3 heterocycles. The Kier molecular flexibility index (Phi) is 4.87. The van der Waals surface area contributed by atoms with Gasteiger partial charge < -0.3 is 15.1 Å². The Morgan fingerprint density at radius 3 is 2.61 bits per heavy atom.